The number of halogens is 2. The molecule has 28 heavy (non-hydrogen) atoms. The fourth-order valence-electron chi connectivity index (χ4n) is 2.32. The average Bonchev–Trinajstić information content (AvgIpc) is 2.60. The Morgan fingerprint density at radius 3 is 2.46 bits per heavy atom. The third-order valence-electron chi connectivity index (χ3n) is 3.52. The standard InChI is InChI=1S/C18H20F2N8/c1-10(2)23-16-26-15(12-5-4-6-14(21)25-12)27-17(28-16)24-11-7-8-22-13(9-11)18(3,19)20/h4-10H,1-3H3,(H2,21,25)(H2,22,23,24,26,27,28). The number of nitrogens with one attached hydrogen (secondary N) is 2. The molecule has 0 atom stereocenters. The number of nitrogen functional groups attached to an aromatic ring is 1. The molecule has 0 unspecified atom stereocenters. The van der Waals surface area contributed by atoms with Gasteiger partial charge in [-0.3, -0.25) is 4.98 Å². The normalized spacial score (nSPS) is 11.5. The van der Waals surface area contributed by atoms with Crippen molar-refractivity contribution in [2.24, 2.45) is 0 Å². The summed E-state index contributed by atoms with van der Waals surface area (Å²) in [5.41, 5.74) is 6.23. The Bertz CT molecular complexity index is 972. The highest BCUT2D eigenvalue weighted by Gasteiger charge is 2.26. The van der Waals surface area contributed by atoms with Crippen LogP contribution in [-0.4, -0.2) is 31.0 Å². The Balaban J connectivity index is 1.99. The van der Waals surface area contributed by atoms with Crippen LogP contribution in [0.1, 0.15) is 26.5 Å². The van der Waals surface area contributed by atoms with E-state index in [1.165, 1.54) is 12.3 Å². The average molecular weight is 386 g/mol. The van der Waals surface area contributed by atoms with Crippen LogP contribution in [0.3, 0.4) is 0 Å². The van der Waals surface area contributed by atoms with E-state index in [4.69, 9.17) is 5.73 Å². The second-order valence-corrected chi connectivity index (χ2v) is 6.50. The molecule has 3 heterocycles. The molecule has 0 fully saturated rings. The van der Waals surface area contributed by atoms with Gasteiger partial charge in [-0.15, -0.1) is 0 Å². The van der Waals surface area contributed by atoms with Gasteiger partial charge < -0.3 is 16.4 Å². The zero-order valence-electron chi connectivity index (χ0n) is 15.6. The molecular weight excluding hydrogens is 366 g/mol. The van der Waals surface area contributed by atoms with E-state index in [0.29, 0.717) is 29.0 Å². The smallest absolute Gasteiger partial charge is 0.287 e. The molecule has 10 heteroatoms. The van der Waals surface area contributed by atoms with Gasteiger partial charge in [0, 0.05) is 24.8 Å². The van der Waals surface area contributed by atoms with E-state index in [2.05, 4.69) is 35.6 Å². The third kappa shape index (κ3) is 4.84. The predicted molar refractivity (Wildman–Crippen MR) is 103 cm³/mol. The van der Waals surface area contributed by atoms with Crippen molar-refractivity contribution >= 4 is 23.4 Å². The van der Waals surface area contributed by atoms with Crippen molar-refractivity contribution in [2.45, 2.75) is 32.7 Å². The van der Waals surface area contributed by atoms with Crippen LogP contribution in [0.4, 0.5) is 32.2 Å². The Labute approximate surface area is 160 Å². The monoisotopic (exact) mass is 386 g/mol. The van der Waals surface area contributed by atoms with Crippen molar-refractivity contribution in [2.75, 3.05) is 16.4 Å². The first-order valence-electron chi connectivity index (χ1n) is 8.57. The lowest BCUT2D eigenvalue weighted by atomic mass is 10.2. The predicted octanol–water partition coefficient (Wildman–Crippen LogP) is 3.59. The molecule has 0 aliphatic carbocycles. The van der Waals surface area contributed by atoms with Crippen molar-refractivity contribution in [3.05, 3.63) is 42.2 Å². The molecule has 8 nitrogen and oxygen atoms in total. The summed E-state index contributed by atoms with van der Waals surface area (Å²) >= 11 is 0. The largest absolute Gasteiger partial charge is 0.384 e. The Hall–Kier alpha value is -3.43. The minimum atomic E-state index is -3.06. The summed E-state index contributed by atoms with van der Waals surface area (Å²) < 4.78 is 27.1. The molecule has 0 amide bonds. The van der Waals surface area contributed by atoms with Crippen LogP contribution in [-0.2, 0) is 5.92 Å². The first-order valence-corrected chi connectivity index (χ1v) is 8.57. The van der Waals surface area contributed by atoms with Gasteiger partial charge in [0.15, 0.2) is 5.82 Å². The van der Waals surface area contributed by atoms with Gasteiger partial charge in [-0.1, -0.05) is 6.07 Å². The molecular formula is C18H20F2N8. The Morgan fingerprint density at radius 2 is 1.79 bits per heavy atom. The maximum absolute atomic E-state index is 13.5. The second kappa shape index (κ2) is 7.67. The number of nitrogens with zero attached hydrogens (tertiary/aromatic N) is 5. The number of alkyl halides is 2. The molecule has 3 aromatic rings. The summed E-state index contributed by atoms with van der Waals surface area (Å²) in [7, 11) is 0. The lowest BCUT2D eigenvalue weighted by molar-refractivity contribution is 0.0128. The van der Waals surface area contributed by atoms with Crippen molar-refractivity contribution < 1.29 is 8.78 Å². The maximum atomic E-state index is 13.5. The summed E-state index contributed by atoms with van der Waals surface area (Å²) in [5, 5.41) is 6.02. The van der Waals surface area contributed by atoms with Crippen molar-refractivity contribution in [3.8, 4) is 11.5 Å². The van der Waals surface area contributed by atoms with Gasteiger partial charge in [0.05, 0.1) is 0 Å². The molecule has 146 valence electrons. The molecule has 0 aliphatic rings. The van der Waals surface area contributed by atoms with Crippen LogP contribution in [0, 0.1) is 0 Å². The van der Waals surface area contributed by atoms with Gasteiger partial charge in [0.25, 0.3) is 5.92 Å². The van der Waals surface area contributed by atoms with Gasteiger partial charge in [-0.05, 0) is 38.1 Å². The van der Waals surface area contributed by atoms with Crippen LogP contribution < -0.4 is 16.4 Å². The number of aromatic nitrogens is 5. The first-order chi connectivity index (χ1) is 13.2. The van der Waals surface area contributed by atoms with Crippen LogP contribution in [0.25, 0.3) is 11.5 Å². The molecule has 4 N–H and O–H groups in total. The van der Waals surface area contributed by atoms with Crippen molar-refractivity contribution in [1.82, 2.24) is 24.9 Å². The highest BCUT2D eigenvalue weighted by molar-refractivity contribution is 5.59. The fourth-order valence-corrected chi connectivity index (χ4v) is 2.32. The Kier molecular flexibility index (Phi) is 5.30. The first kappa shape index (κ1) is 19.3. The van der Waals surface area contributed by atoms with Crippen molar-refractivity contribution in [3.63, 3.8) is 0 Å². The number of pyridine rings is 2. The van der Waals surface area contributed by atoms with Gasteiger partial charge in [0.1, 0.15) is 17.2 Å². The number of nitrogens with two attached hydrogens (primary N) is 1. The van der Waals surface area contributed by atoms with E-state index in [1.807, 2.05) is 13.8 Å². The Morgan fingerprint density at radius 1 is 1.04 bits per heavy atom. The minimum Gasteiger partial charge on any atom is -0.384 e. The molecule has 0 aromatic carbocycles. The summed E-state index contributed by atoms with van der Waals surface area (Å²) in [6.07, 6.45) is 1.30. The van der Waals surface area contributed by atoms with Crippen molar-refractivity contribution in [1.29, 1.82) is 0 Å². The molecule has 0 radical (unpaired) electrons. The zero-order chi connectivity index (χ0) is 20.3. The van der Waals surface area contributed by atoms with Gasteiger partial charge in [-0.25, -0.2) is 4.98 Å². The van der Waals surface area contributed by atoms with E-state index in [-0.39, 0.29) is 17.7 Å². The zero-order valence-corrected chi connectivity index (χ0v) is 15.6. The molecule has 0 aliphatic heterocycles. The summed E-state index contributed by atoms with van der Waals surface area (Å²) in [4.78, 5) is 20.9. The molecule has 3 rings (SSSR count). The van der Waals surface area contributed by atoms with Gasteiger partial charge in [-0.2, -0.15) is 23.7 Å². The highest BCUT2D eigenvalue weighted by atomic mass is 19.3. The molecule has 0 saturated carbocycles. The third-order valence-corrected chi connectivity index (χ3v) is 3.52. The highest BCUT2D eigenvalue weighted by Crippen LogP contribution is 2.27. The molecule has 0 bridgehead atoms. The van der Waals surface area contributed by atoms with Gasteiger partial charge in [0.2, 0.25) is 11.9 Å². The number of anilines is 4. The number of hydrogen-bond acceptors (Lipinski definition) is 8. The van der Waals surface area contributed by atoms with Crippen LogP contribution >= 0.6 is 0 Å². The number of hydrogen-bond donors (Lipinski definition) is 3. The lowest BCUT2D eigenvalue weighted by Gasteiger charge is -2.13. The molecule has 3 aromatic heterocycles. The SMILES string of the molecule is CC(C)Nc1nc(Nc2ccnc(C(C)(F)F)c2)nc(-c2cccc(N)n2)n1. The summed E-state index contributed by atoms with van der Waals surface area (Å²) in [6.45, 7) is 4.66. The lowest BCUT2D eigenvalue weighted by Crippen LogP contribution is -2.15. The van der Waals surface area contributed by atoms with Crippen LogP contribution in [0.2, 0.25) is 0 Å². The molecule has 0 saturated heterocycles. The maximum Gasteiger partial charge on any atom is 0.287 e. The summed E-state index contributed by atoms with van der Waals surface area (Å²) in [6, 6.07) is 7.98. The van der Waals surface area contributed by atoms with Gasteiger partial charge >= 0.3 is 0 Å². The van der Waals surface area contributed by atoms with Crippen LogP contribution in [0.15, 0.2) is 36.5 Å². The summed E-state index contributed by atoms with van der Waals surface area (Å²) in [5.74, 6) is -1.94. The van der Waals surface area contributed by atoms with E-state index >= 15 is 0 Å². The van der Waals surface area contributed by atoms with E-state index in [9.17, 15) is 8.78 Å². The van der Waals surface area contributed by atoms with Crippen LogP contribution in [0.5, 0.6) is 0 Å². The topological polar surface area (TPSA) is 115 Å². The quantitative estimate of drug-likeness (QED) is 0.589. The van der Waals surface area contributed by atoms with E-state index in [1.54, 1.807) is 24.3 Å². The van der Waals surface area contributed by atoms with E-state index in [0.717, 1.165) is 6.92 Å². The minimum absolute atomic E-state index is 0.0724. The van der Waals surface area contributed by atoms with E-state index < -0.39 is 5.92 Å². The molecule has 0 spiro atoms. The number of rotatable bonds is 6. The second-order valence-electron chi connectivity index (χ2n) is 6.50. The fraction of sp³-hybridized carbons (Fsp3) is 0.278.